The number of nitrogens with zero attached hydrogens (tertiary/aromatic N) is 1. The van der Waals surface area contributed by atoms with Crippen LogP contribution in [0.2, 0.25) is 0 Å². The molecule has 0 aliphatic rings. The molecule has 0 unspecified atom stereocenters. The molecule has 51 heavy (non-hydrogen) atoms. The molecule has 0 bridgehead atoms. The van der Waals surface area contributed by atoms with Crippen LogP contribution in [-0.2, 0) is 30.3 Å². The van der Waals surface area contributed by atoms with E-state index in [4.69, 9.17) is 9.40 Å². The van der Waals surface area contributed by atoms with Crippen molar-refractivity contribution in [3.05, 3.63) is 102 Å². The predicted octanol–water partition coefficient (Wildman–Crippen LogP) is 13.6. The molecule has 3 aromatic carbocycles. The number of carbonyl (C=O) groups is 1. The molecular weight excluding hydrogens is 827 g/mol. The van der Waals surface area contributed by atoms with Crippen molar-refractivity contribution in [3.8, 4) is 21.7 Å². The molecule has 6 rings (SSSR count). The molecule has 6 aromatic rings. The van der Waals surface area contributed by atoms with Crippen LogP contribution in [0, 0.1) is 23.8 Å². The number of aliphatic hydroxyl groups excluding tert-OH is 1. The summed E-state index contributed by atoms with van der Waals surface area (Å²) >= 11 is 1.79. The normalized spacial score (nSPS) is 12.5. The van der Waals surface area contributed by atoms with E-state index in [-0.39, 0.29) is 47.9 Å². The van der Waals surface area contributed by atoms with Gasteiger partial charge in [0.2, 0.25) is 0 Å². The van der Waals surface area contributed by atoms with E-state index in [1.165, 1.54) is 37.6 Å². The van der Waals surface area contributed by atoms with Gasteiger partial charge in [0.05, 0.1) is 0 Å². The summed E-state index contributed by atoms with van der Waals surface area (Å²) < 4.78 is 6.95. The quantitative estimate of drug-likeness (QED) is 0.0893. The van der Waals surface area contributed by atoms with Gasteiger partial charge in [-0.05, 0) is 85.4 Å². The maximum absolute atomic E-state index is 12.2. The number of furan rings is 1. The Kier molecular flexibility index (Phi) is 12.6. The topological polar surface area (TPSA) is 63.3 Å². The van der Waals surface area contributed by atoms with Crippen LogP contribution in [0.1, 0.15) is 99.3 Å². The van der Waals surface area contributed by atoms with Crippen molar-refractivity contribution in [2.75, 3.05) is 0 Å². The molecule has 1 N–H and O–H groups in total. The molecule has 6 heteroatoms. The maximum Gasteiger partial charge on any atom is 0.164 e. The number of allylic oxidation sites excluding steroid dienone is 2. The fraction of sp³-hybridized carbons (Fsp3) is 0.378. The van der Waals surface area contributed by atoms with E-state index in [0.717, 1.165) is 59.1 Å². The van der Waals surface area contributed by atoms with Gasteiger partial charge in [-0.25, -0.2) is 0 Å². The molecule has 1 radical (unpaired) electrons. The summed E-state index contributed by atoms with van der Waals surface area (Å²) in [6.07, 6.45) is 6.67. The summed E-state index contributed by atoms with van der Waals surface area (Å²) in [6.45, 7) is 20.9. The zero-order valence-corrected chi connectivity index (χ0v) is 35.0. The summed E-state index contributed by atoms with van der Waals surface area (Å²) in [4.78, 5) is 18.2. The number of aliphatic hydroxyl groups is 1. The Morgan fingerprint density at radius 3 is 2.18 bits per heavy atom. The average molecular weight is 879 g/mol. The molecule has 3 heterocycles. The molecule has 271 valence electrons. The third kappa shape index (κ3) is 8.40. The summed E-state index contributed by atoms with van der Waals surface area (Å²) in [7, 11) is 0. The van der Waals surface area contributed by atoms with Crippen LogP contribution in [0.15, 0.2) is 89.2 Å². The number of ketones is 1. The second-order valence-electron chi connectivity index (χ2n) is 15.1. The first kappa shape index (κ1) is 40.2. The van der Waals surface area contributed by atoms with Gasteiger partial charge in [0.1, 0.15) is 17.1 Å². The molecule has 3 aromatic heterocycles. The minimum absolute atomic E-state index is 0. The molecule has 0 aliphatic carbocycles. The van der Waals surface area contributed by atoms with Gasteiger partial charge in [-0.2, -0.15) is 0 Å². The minimum Gasteiger partial charge on any atom is -0.512 e. The summed E-state index contributed by atoms with van der Waals surface area (Å²) in [6, 6.07) is 27.4. The molecule has 0 saturated heterocycles. The molecule has 0 amide bonds. The zero-order valence-electron chi connectivity index (χ0n) is 31.8. The van der Waals surface area contributed by atoms with Gasteiger partial charge >= 0.3 is 0 Å². The van der Waals surface area contributed by atoms with E-state index in [0.29, 0.717) is 0 Å². The van der Waals surface area contributed by atoms with Crippen molar-refractivity contribution in [1.82, 2.24) is 4.98 Å². The first-order chi connectivity index (χ1) is 23.7. The van der Waals surface area contributed by atoms with Crippen LogP contribution in [0.25, 0.3) is 53.5 Å². The van der Waals surface area contributed by atoms with Gasteiger partial charge in [0.15, 0.2) is 5.78 Å². The number of hydrogen-bond donors (Lipinski definition) is 1. The second-order valence-corrected chi connectivity index (χ2v) is 16.2. The summed E-state index contributed by atoms with van der Waals surface area (Å²) in [5.74, 6) is 1.22. The molecule has 4 nitrogen and oxygen atoms in total. The number of benzene rings is 3. The number of aromatic nitrogens is 1. The Morgan fingerprint density at radius 1 is 0.863 bits per heavy atom. The van der Waals surface area contributed by atoms with Crippen LogP contribution in [-0.4, -0.2) is 15.9 Å². The number of aryl methyl sites for hydroxylation is 1. The number of carbonyl (C=O) groups excluding carboxylic acids is 1. The van der Waals surface area contributed by atoms with Gasteiger partial charge in [-0.1, -0.05) is 91.5 Å². The SMILES string of the molecule is CCC(C)(CC)C(=O)/C=C(\O)C(C)(CC)CC.Cc1cc2cc(-c3cc4ccnc(-c5[c-]c6ccccc6c(C(C)(C)C)c5)c4s3)ccc2o1.[Ir]. The largest absolute Gasteiger partial charge is 0.512 e. The first-order valence-corrected chi connectivity index (χ1v) is 18.8. The van der Waals surface area contributed by atoms with Crippen molar-refractivity contribution in [2.24, 2.45) is 10.8 Å². The van der Waals surface area contributed by atoms with Crippen molar-refractivity contribution in [3.63, 3.8) is 0 Å². The fourth-order valence-corrected chi connectivity index (χ4v) is 7.44. The van der Waals surface area contributed by atoms with Crippen LogP contribution in [0.4, 0.5) is 0 Å². The number of fused-ring (bicyclic) bond motifs is 3. The third-order valence-corrected chi connectivity index (χ3v) is 12.0. The van der Waals surface area contributed by atoms with E-state index >= 15 is 0 Å². The smallest absolute Gasteiger partial charge is 0.164 e. The second kappa shape index (κ2) is 16.0. The third-order valence-electron chi connectivity index (χ3n) is 10.8. The van der Waals surface area contributed by atoms with Crippen molar-refractivity contribution < 1.29 is 34.4 Å². The van der Waals surface area contributed by atoms with Gasteiger partial charge in [0.25, 0.3) is 0 Å². The molecular formula is C45H52IrNO3S-. The van der Waals surface area contributed by atoms with Crippen LogP contribution >= 0.6 is 11.3 Å². The van der Waals surface area contributed by atoms with Gasteiger partial charge in [0, 0.05) is 63.9 Å². The van der Waals surface area contributed by atoms with Crippen LogP contribution in [0.5, 0.6) is 0 Å². The minimum atomic E-state index is -0.337. The van der Waals surface area contributed by atoms with Crippen LogP contribution in [0.3, 0.4) is 0 Å². The monoisotopic (exact) mass is 879 g/mol. The molecule has 0 saturated carbocycles. The van der Waals surface area contributed by atoms with Crippen molar-refractivity contribution in [1.29, 1.82) is 0 Å². The Labute approximate surface area is 321 Å². The Balaban J connectivity index is 0.000000279. The Hall–Kier alpha value is -3.57. The predicted molar refractivity (Wildman–Crippen MR) is 213 cm³/mol. The summed E-state index contributed by atoms with van der Waals surface area (Å²) in [5.41, 5.74) is 4.93. The van der Waals surface area contributed by atoms with E-state index < -0.39 is 0 Å². The van der Waals surface area contributed by atoms with Gasteiger partial charge < -0.3 is 9.52 Å². The van der Waals surface area contributed by atoms with E-state index in [9.17, 15) is 9.90 Å². The number of rotatable bonds is 9. The van der Waals surface area contributed by atoms with E-state index in [1.807, 2.05) is 54.7 Å². The molecule has 0 spiro atoms. The van der Waals surface area contributed by atoms with E-state index in [2.05, 4.69) is 93.6 Å². The number of hydrogen-bond acceptors (Lipinski definition) is 5. The van der Waals surface area contributed by atoms with Gasteiger partial charge in [-0.3, -0.25) is 9.78 Å². The van der Waals surface area contributed by atoms with Gasteiger partial charge in [-0.15, -0.1) is 40.5 Å². The van der Waals surface area contributed by atoms with Crippen LogP contribution < -0.4 is 0 Å². The Bertz CT molecular complexity index is 2170. The molecule has 0 aliphatic heterocycles. The Morgan fingerprint density at radius 2 is 1.53 bits per heavy atom. The van der Waals surface area contributed by atoms with Crippen molar-refractivity contribution >= 4 is 48.9 Å². The molecule has 0 atom stereocenters. The summed E-state index contributed by atoms with van der Waals surface area (Å²) in [5, 5.41) is 14.9. The number of thiophene rings is 1. The average Bonchev–Trinajstić information content (AvgIpc) is 3.72. The molecule has 0 fully saturated rings. The fourth-order valence-electron chi connectivity index (χ4n) is 6.29. The standard InChI is InChI=1S/C30H24NOS.C15H28O2.Ir/c1-18-13-22-15-20(9-10-26(22)32-18)27-17-21-11-12-31-28(29(21)33-27)23-14-19-7-5-6-8-24(19)25(16-23)30(2,3)4;1-7-14(5,8-2)12(16)11-13(17)15(6,9-3)10-4;/h5-13,15-17H,1-4H3;11,16H,7-10H2,1-6H3;/q-1;;/b;12-11-;. The maximum atomic E-state index is 12.2. The number of pyridine rings is 1. The van der Waals surface area contributed by atoms with Crippen molar-refractivity contribution in [2.45, 2.75) is 100 Å². The first-order valence-electron chi connectivity index (χ1n) is 18.0. The zero-order chi connectivity index (χ0) is 36.4. The van der Waals surface area contributed by atoms with E-state index in [1.54, 1.807) is 11.3 Å².